The zero-order chi connectivity index (χ0) is 23.6. The maximum absolute atomic E-state index is 12.9. The highest BCUT2D eigenvalue weighted by Crippen LogP contribution is 2.39. The van der Waals surface area contributed by atoms with Gasteiger partial charge in [0.2, 0.25) is 0 Å². The van der Waals surface area contributed by atoms with Crippen LogP contribution in [0.1, 0.15) is 24.0 Å². The molecular formula is C22H26F3NO5S. The normalized spacial score (nSPS) is 23.9. The predicted molar refractivity (Wildman–Crippen MR) is 112 cm³/mol. The van der Waals surface area contributed by atoms with E-state index in [0.29, 0.717) is 17.9 Å². The highest BCUT2D eigenvalue weighted by Gasteiger charge is 2.44. The highest BCUT2D eigenvalue weighted by atomic mass is 32.2. The number of halogens is 3. The lowest BCUT2D eigenvalue weighted by atomic mass is 9.86. The van der Waals surface area contributed by atoms with Gasteiger partial charge in [0.05, 0.1) is 29.3 Å². The molecule has 0 aliphatic heterocycles. The van der Waals surface area contributed by atoms with E-state index in [9.17, 15) is 31.8 Å². The summed E-state index contributed by atoms with van der Waals surface area (Å²) in [5.41, 5.74) is -0.902. The molecule has 0 spiro atoms. The van der Waals surface area contributed by atoms with Gasteiger partial charge in [-0.2, -0.15) is 13.2 Å². The van der Waals surface area contributed by atoms with E-state index in [2.05, 4.69) is 5.32 Å². The molecule has 6 nitrogen and oxygen atoms in total. The Balaban J connectivity index is 1.65. The quantitative estimate of drug-likeness (QED) is 0.546. The van der Waals surface area contributed by atoms with Crippen molar-refractivity contribution in [3.05, 3.63) is 59.7 Å². The molecule has 0 bridgehead atoms. The minimum atomic E-state index is -4.42. The molecule has 0 heterocycles. The average Bonchev–Trinajstić information content (AvgIpc) is 2.99. The Morgan fingerprint density at radius 3 is 2.28 bits per heavy atom. The van der Waals surface area contributed by atoms with Crippen molar-refractivity contribution in [3.8, 4) is 5.75 Å². The fourth-order valence-corrected chi connectivity index (χ4v) is 4.54. The molecule has 1 aliphatic rings. The molecule has 2 aromatic carbocycles. The average molecular weight is 474 g/mol. The second-order valence-corrected chi connectivity index (χ2v) is 10.4. The third-order valence-corrected chi connectivity index (χ3v) is 6.74. The van der Waals surface area contributed by atoms with E-state index < -0.39 is 39.2 Å². The van der Waals surface area contributed by atoms with Crippen molar-refractivity contribution >= 4 is 9.84 Å². The van der Waals surface area contributed by atoms with Crippen molar-refractivity contribution in [1.82, 2.24) is 5.32 Å². The Bertz CT molecular complexity index is 1010. The van der Waals surface area contributed by atoms with E-state index in [1.165, 1.54) is 30.3 Å². The van der Waals surface area contributed by atoms with Gasteiger partial charge in [0.25, 0.3) is 0 Å². The molecule has 1 aliphatic carbocycles. The van der Waals surface area contributed by atoms with Crippen LogP contribution in [0.5, 0.6) is 5.75 Å². The molecule has 32 heavy (non-hydrogen) atoms. The topological polar surface area (TPSA) is 95.9 Å². The number of aliphatic hydroxyl groups excluding tert-OH is 2. The molecule has 1 saturated carbocycles. The Morgan fingerprint density at radius 2 is 1.72 bits per heavy atom. The van der Waals surface area contributed by atoms with E-state index in [-0.39, 0.29) is 30.9 Å². The van der Waals surface area contributed by atoms with E-state index in [1.807, 2.05) is 0 Å². The predicted octanol–water partition coefficient (Wildman–Crippen LogP) is 2.78. The second kappa shape index (κ2) is 9.38. The summed E-state index contributed by atoms with van der Waals surface area (Å²) in [6.07, 6.45) is -4.66. The van der Waals surface area contributed by atoms with Crippen LogP contribution in [0.4, 0.5) is 13.2 Å². The molecule has 3 N–H and O–H groups in total. The molecule has 0 radical (unpaired) electrons. The molecular weight excluding hydrogens is 447 g/mol. The van der Waals surface area contributed by atoms with E-state index >= 15 is 0 Å². The molecule has 1 fully saturated rings. The first-order valence-electron chi connectivity index (χ1n) is 10.0. The van der Waals surface area contributed by atoms with Crippen LogP contribution in [-0.4, -0.2) is 50.2 Å². The lowest BCUT2D eigenvalue weighted by Crippen LogP contribution is -2.38. The number of rotatable bonds is 8. The first-order valence-corrected chi connectivity index (χ1v) is 11.9. The number of nitrogens with one attached hydrogen (secondary N) is 1. The highest BCUT2D eigenvalue weighted by molar-refractivity contribution is 7.90. The summed E-state index contributed by atoms with van der Waals surface area (Å²) >= 11 is 0. The van der Waals surface area contributed by atoms with Crippen LogP contribution in [0.3, 0.4) is 0 Å². The van der Waals surface area contributed by atoms with Gasteiger partial charge < -0.3 is 20.3 Å². The molecule has 0 amide bonds. The standard InChI is InChI=1S/C22H26F3NO5S/c1-32(29,30)18-7-5-17(6-8-18)31-14-21(10-19(27)20(28)11-21)13-26-12-15-3-2-4-16(9-15)22(23,24)25/h2-9,19-20,26-28H,10-14H2,1H3. The summed E-state index contributed by atoms with van der Waals surface area (Å²) in [6, 6.07) is 11.0. The summed E-state index contributed by atoms with van der Waals surface area (Å²) < 4.78 is 67.7. The van der Waals surface area contributed by atoms with Crippen molar-refractivity contribution < 1.29 is 36.5 Å². The van der Waals surface area contributed by atoms with Gasteiger partial charge in [-0.05, 0) is 48.7 Å². The van der Waals surface area contributed by atoms with Gasteiger partial charge in [0.15, 0.2) is 9.84 Å². The molecule has 2 atom stereocenters. The summed E-state index contributed by atoms with van der Waals surface area (Å²) in [5, 5.41) is 23.3. The van der Waals surface area contributed by atoms with Gasteiger partial charge in [0.1, 0.15) is 5.75 Å². The van der Waals surface area contributed by atoms with Gasteiger partial charge >= 0.3 is 6.18 Å². The van der Waals surface area contributed by atoms with Crippen LogP contribution < -0.4 is 10.1 Å². The maximum Gasteiger partial charge on any atom is 0.416 e. The Kier molecular flexibility index (Phi) is 7.18. The Morgan fingerprint density at radius 1 is 1.09 bits per heavy atom. The van der Waals surface area contributed by atoms with Crippen molar-refractivity contribution in [2.75, 3.05) is 19.4 Å². The van der Waals surface area contributed by atoms with Gasteiger partial charge in [-0.25, -0.2) is 8.42 Å². The largest absolute Gasteiger partial charge is 0.493 e. The molecule has 2 unspecified atom stereocenters. The van der Waals surface area contributed by atoms with Crippen molar-refractivity contribution in [2.45, 2.75) is 42.7 Å². The zero-order valence-corrected chi connectivity index (χ0v) is 18.3. The number of benzene rings is 2. The summed E-state index contributed by atoms with van der Waals surface area (Å²) in [4.78, 5) is 0.161. The van der Waals surface area contributed by atoms with Crippen LogP contribution in [0.15, 0.2) is 53.4 Å². The van der Waals surface area contributed by atoms with E-state index in [0.717, 1.165) is 18.4 Å². The van der Waals surface area contributed by atoms with Crippen molar-refractivity contribution in [3.63, 3.8) is 0 Å². The summed E-state index contributed by atoms with van der Waals surface area (Å²) in [7, 11) is -3.33. The van der Waals surface area contributed by atoms with Gasteiger partial charge in [-0.15, -0.1) is 0 Å². The number of aliphatic hydroxyl groups is 2. The molecule has 10 heteroatoms. The van der Waals surface area contributed by atoms with E-state index in [4.69, 9.17) is 4.74 Å². The van der Waals surface area contributed by atoms with Crippen LogP contribution in [0.2, 0.25) is 0 Å². The number of hydrogen-bond acceptors (Lipinski definition) is 6. The number of hydrogen-bond donors (Lipinski definition) is 3. The maximum atomic E-state index is 12.9. The molecule has 0 aromatic heterocycles. The van der Waals surface area contributed by atoms with Crippen molar-refractivity contribution in [1.29, 1.82) is 0 Å². The van der Waals surface area contributed by atoms with Crippen LogP contribution in [-0.2, 0) is 22.6 Å². The first kappa shape index (κ1) is 24.5. The lowest BCUT2D eigenvalue weighted by Gasteiger charge is -2.29. The van der Waals surface area contributed by atoms with E-state index in [1.54, 1.807) is 6.07 Å². The van der Waals surface area contributed by atoms with Crippen LogP contribution in [0.25, 0.3) is 0 Å². The molecule has 0 saturated heterocycles. The van der Waals surface area contributed by atoms with Gasteiger partial charge in [0, 0.05) is 24.8 Å². The zero-order valence-electron chi connectivity index (χ0n) is 17.5. The van der Waals surface area contributed by atoms with Crippen LogP contribution in [0, 0.1) is 5.41 Å². The summed E-state index contributed by atoms with van der Waals surface area (Å²) in [5.74, 6) is 0.436. The number of sulfone groups is 1. The van der Waals surface area contributed by atoms with Crippen LogP contribution >= 0.6 is 0 Å². The third-order valence-electron chi connectivity index (χ3n) is 5.61. The fourth-order valence-electron chi connectivity index (χ4n) is 3.91. The lowest BCUT2D eigenvalue weighted by molar-refractivity contribution is -0.137. The summed E-state index contributed by atoms with van der Waals surface area (Å²) in [6.45, 7) is 0.620. The fraction of sp³-hybridized carbons (Fsp3) is 0.455. The SMILES string of the molecule is CS(=O)(=O)c1ccc(OCC2(CNCc3cccc(C(F)(F)F)c3)CC(O)C(O)C2)cc1. The number of alkyl halides is 3. The Hall–Kier alpha value is -2.14. The van der Waals surface area contributed by atoms with Gasteiger partial charge in [-0.1, -0.05) is 18.2 Å². The molecule has 2 aromatic rings. The first-order chi connectivity index (χ1) is 14.9. The van der Waals surface area contributed by atoms with Gasteiger partial charge in [-0.3, -0.25) is 0 Å². The molecule has 176 valence electrons. The third kappa shape index (κ3) is 6.22. The van der Waals surface area contributed by atoms with Crippen molar-refractivity contribution in [2.24, 2.45) is 5.41 Å². The minimum absolute atomic E-state index is 0.134. The smallest absolute Gasteiger partial charge is 0.416 e. The minimum Gasteiger partial charge on any atom is -0.493 e. The second-order valence-electron chi connectivity index (χ2n) is 8.38. The Labute approximate surface area is 185 Å². The number of ether oxygens (including phenoxy) is 1. The monoisotopic (exact) mass is 473 g/mol. The molecule has 3 rings (SSSR count).